The zero-order valence-electron chi connectivity index (χ0n) is 10.3. The van der Waals surface area contributed by atoms with Crippen molar-refractivity contribution in [3.63, 3.8) is 0 Å². The van der Waals surface area contributed by atoms with E-state index in [9.17, 15) is 0 Å². The first-order valence-corrected chi connectivity index (χ1v) is 6.22. The van der Waals surface area contributed by atoms with Crippen molar-refractivity contribution in [1.29, 1.82) is 0 Å². The second-order valence-corrected chi connectivity index (χ2v) is 4.90. The summed E-state index contributed by atoms with van der Waals surface area (Å²) < 4.78 is 0. The van der Waals surface area contributed by atoms with Crippen LogP contribution in [-0.2, 0) is 5.41 Å². The van der Waals surface area contributed by atoms with Crippen LogP contribution in [0.5, 0.6) is 0 Å². The van der Waals surface area contributed by atoms with Crippen LogP contribution >= 0.6 is 0 Å². The Morgan fingerprint density at radius 3 is 1.82 bits per heavy atom. The first-order valence-electron chi connectivity index (χ1n) is 6.22. The molecule has 0 aliphatic carbocycles. The Morgan fingerprint density at radius 2 is 1.35 bits per heavy atom. The average molecular weight is 223 g/mol. The average Bonchev–Trinajstić information content (AvgIpc) is 2.39. The molecule has 1 aliphatic heterocycles. The quantitative estimate of drug-likeness (QED) is 0.752. The molecule has 1 heterocycles. The zero-order valence-corrected chi connectivity index (χ0v) is 10.3. The van der Waals surface area contributed by atoms with Gasteiger partial charge >= 0.3 is 0 Å². The first-order chi connectivity index (χ1) is 8.25. The van der Waals surface area contributed by atoms with E-state index in [4.69, 9.17) is 0 Å². The molecule has 0 fully saturated rings. The Hall–Kier alpha value is -1.76. The Labute approximate surface area is 102 Å². The molecule has 1 heteroatoms. The van der Waals surface area contributed by atoms with Gasteiger partial charge in [0, 0.05) is 16.8 Å². The van der Waals surface area contributed by atoms with Crippen molar-refractivity contribution in [2.45, 2.75) is 25.7 Å². The second-order valence-electron chi connectivity index (χ2n) is 4.90. The monoisotopic (exact) mass is 223 g/mol. The molecule has 0 unspecified atom stereocenters. The number of benzene rings is 2. The molecule has 0 aromatic heterocycles. The standard InChI is InChI=1S/C16H17N/c1-3-16(2)12-8-4-6-10-14(12)17-15-11-7-5-9-13(15)16/h4-11,17H,3H2,1-2H3. The van der Waals surface area contributed by atoms with Crippen LogP contribution in [0, 0.1) is 0 Å². The predicted molar refractivity (Wildman–Crippen MR) is 72.9 cm³/mol. The van der Waals surface area contributed by atoms with E-state index in [1.807, 2.05) is 0 Å². The van der Waals surface area contributed by atoms with Crippen LogP contribution in [-0.4, -0.2) is 0 Å². The van der Waals surface area contributed by atoms with Crippen LogP contribution in [0.25, 0.3) is 0 Å². The summed E-state index contributed by atoms with van der Waals surface area (Å²) in [6.07, 6.45) is 1.11. The van der Waals surface area contributed by atoms with Crippen molar-refractivity contribution in [2.75, 3.05) is 5.32 Å². The molecular formula is C16H17N. The van der Waals surface area contributed by atoms with Crippen molar-refractivity contribution < 1.29 is 0 Å². The maximum absolute atomic E-state index is 3.53. The smallest absolute Gasteiger partial charge is 0.0425 e. The number of fused-ring (bicyclic) bond motifs is 2. The highest BCUT2D eigenvalue weighted by Crippen LogP contribution is 2.46. The molecule has 2 aromatic rings. The van der Waals surface area contributed by atoms with Gasteiger partial charge in [0.15, 0.2) is 0 Å². The maximum atomic E-state index is 3.53. The van der Waals surface area contributed by atoms with Gasteiger partial charge in [0.2, 0.25) is 0 Å². The van der Waals surface area contributed by atoms with E-state index in [1.165, 1.54) is 22.5 Å². The number of hydrogen-bond acceptors (Lipinski definition) is 1. The van der Waals surface area contributed by atoms with E-state index >= 15 is 0 Å². The van der Waals surface area contributed by atoms with Gasteiger partial charge in [-0.25, -0.2) is 0 Å². The zero-order chi connectivity index (χ0) is 11.9. The molecular weight excluding hydrogens is 206 g/mol. The largest absolute Gasteiger partial charge is 0.355 e. The molecule has 0 amide bonds. The van der Waals surface area contributed by atoms with E-state index in [0.29, 0.717) is 0 Å². The lowest BCUT2D eigenvalue weighted by atomic mass is 9.71. The lowest BCUT2D eigenvalue weighted by molar-refractivity contribution is 0.548. The van der Waals surface area contributed by atoms with Crippen LogP contribution in [0.3, 0.4) is 0 Å². The van der Waals surface area contributed by atoms with Crippen molar-refractivity contribution in [3.8, 4) is 0 Å². The summed E-state index contributed by atoms with van der Waals surface area (Å²) in [5, 5.41) is 3.53. The SMILES string of the molecule is CCC1(C)c2ccccc2Nc2ccccc21. The fraction of sp³-hybridized carbons (Fsp3) is 0.250. The fourth-order valence-corrected chi connectivity index (χ4v) is 2.82. The highest BCUT2D eigenvalue weighted by atomic mass is 14.9. The van der Waals surface area contributed by atoms with Gasteiger partial charge in [-0.3, -0.25) is 0 Å². The topological polar surface area (TPSA) is 12.0 Å². The molecule has 0 radical (unpaired) electrons. The molecule has 3 rings (SSSR count). The summed E-state index contributed by atoms with van der Waals surface area (Å²) >= 11 is 0. The van der Waals surface area contributed by atoms with Gasteiger partial charge in [-0.05, 0) is 29.7 Å². The number of nitrogens with one attached hydrogen (secondary N) is 1. The van der Waals surface area contributed by atoms with Crippen molar-refractivity contribution >= 4 is 11.4 Å². The molecule has 2 aromatic carbocycles. The highest BCUT2D eigenvalue weighted by molar-refractivity contribution is 5.75. The third-order valence-electron chi connectivity index (χ3n) is 4.02. The lowest BCUT2D eigenvalue weighted by Gasteiger charge is -2.37. The minimum Gasteiger partial charge on any atom is -0.355 e. The number of hydrogen-bond donors (Lipinski definition) is 1. The van der Waals surface area contributed by atoms with Gasteiger partial charge in [-0.1, -0.05) is 50.2 Å². The number of anilines is 2. The van der Waals surface area contributed by atoms with Crippen molar-refractivity contribution in [1.82, 2.24) is 0 Å². The van der Waals surface area contributed by atoms with Gasteiger partial charge in [0.1, 0.15) is 0 Å². The molecule has 1 aliphatic rings. The van der Waals surface area contributed by atoms with E-state index in [0.717, 1.165) is 6.42 Å². The molecule has 0 spiro atoms. The minimum atomic E-state index is 0.123. The summed E-state index contributed by atoms with van der Waals surface area (Å²) in [7, 11) is 0. The Kier molecular flexibility index (Phi) is 2.22. The van der Waals surface area contributed by atoms with E-state index in [1.54, 1.807) is 0 Å². The van der Waals surface area contributed by atoms with Crippen molar-refractivity contribution in [2.24, 2.45) is 0 Å². The summed E-state index contributed by atoms with van der Waals surface area (Å²) in [4.78, 5) is 0. The summed E-state index contributed by atoms with van der Waals surface area (Å²) in [6, 6.07) is 17.2. The fourth-order valence-electron chi connectivity index (χ4n) is 2.82. The van der Waals surface area contributed by atoms with Crippen LogP contribution in [0.1, 0.15) is 31.4 Å². The summed E-state index contributed by atoms with van der Waals surface area (Å²) in [5.74, 6) is 0. The third-order valence-corrected chi connectivity index (χ3v) is 4.02. The Balaban J connectivity index is 2.28. The van der Waals surface area contributed by atoms with Gasteiger partial charge in [-0.15, -0.1) is 0 Å². The normalized spacial score (nSPS) is 15.6. The predicted octanol–water partition coefficient (Wildman–Crippen LogP) is 4.46. The van der Waals surface area contributed by atoms with E-state index < -0.39 is 0 Å². The van der Waals surface area contributed by atoms with Gasteiger partial charge in [0.25, 0.3) is 0 Å². The Bertz CT molecular complexity index is 511. The molecule has 0 atom stereocenters. The molecule has 1 nitrogen and oxygen atoms in total. The molecule has 17 heavy (non-hydrogen) atoms. The first kappa shape index (κ1) is 10.4. The molecule has 1 N–H and O–H groups in total. The number of para-hydroxylation sites is 2. The summed E-state index contributed by atoms with van der Waals surface area (Å²) in [6.45, 7) is 4.60. The highest BCUT2D eigenvalue weighted by Gasteiger charge is 2.34. The number of rotatable bonds is 1. The van der Waals surface area contributed by atoms with E-state index in [2.05, 4.69) is 67.7 Å². The molecule has 0 saturated heterocycles. The van der Waals surface area contributed by atoms with Crippen molar-refractivity contribution in [3.05, 3.63) is 59.7 Å². The third kappa shape index (κ3) is 1.39. The van der Waals surface area contributed by atoms with Gasteiger partial charge in [0.05, 0.1) is 0 Å². The van der Waals surface area contributed by atoms with E-state index in [-0.39, 0.29) is 5.41 Å². The van der Waals surface area contributed by atoms with Crippen LogP contribution in [0.15, 0.2) is 48.5 Å². The molecule has 0 saturated carbocycles. The molecule has 0 bridgehead atoms. The Morgan fingerprint density at radius 1 is 0.882 bits per heavy atom. The summed E-state index contributed by atoms with van der Waals surface area (Å²) in [5.41, 5.74) is 5.42. The van der Waals surface area contributed by atoms with Gasteiger partial charge in [-0.2, -0.15) is 0 Å². The van der Waals surface area contributed by atoms with Crippen LogP contribution in [0.2, 0.25) is 0 Å². The molecule has 86 valence electrons. The maximum Gasteiger partial charge on any atom is 0.0425 e. The lowest BCUT2D eigenvalue weighted by Crippen LogP contribution is -2.28. The van der Waals surface area contributed by atoms with Gasteiger partial charge < -0.3 is 5.32 Å². The second kappa shape index (κ2) is 3.63. The van der Waals surface area contributed by atoms with Crippen LogP contribution in [0.4, 0.5) is 11.4 Å². The van der Waals surface area contributed by atoms with Crippen LogP contribution < -0.4 is 5.32 Å². The minimum absolute atomic E-state index is 0.123.